The van der Waals surface area contributed by atoms with Crippen LogP contribution in [0.5, 0.6) is 0 Å². The van der Waals surface area contributed by atoms with Gasteiger partial charge in [-0.05, 0) is 235 Å². The molecule has 0 saturated heterocycles. The number of nitrogens with zero attached hydrogens (tertiary/aromatic N) is 8. The van der Waals surface area contributed by atoms with E-state index in [1.807, 2.05) is 18.2 Å². The summed E-state index contributed by atoms with van der Waals surface area (Å²) in [7, 11) is 8.68. The third-order valence-electron chi connectivity index (χ3n) is 28.9. The summed E-state index contributed by atoms with van der Waals surface area (Å²) >= 11 is 0. The summed E-state index contributed by atoms with van der Waals surface area (Å²) in [6, 6.07) is 151. The van der Waals surface area contributed by atoms with Crippen molar-refractivity contribution in [1.29, 1.82) is 0 Å². The van der Waals surface area contributed by atoms with Crippen molar-refractivity contribution in [1.82, 2.24) is 36.5 Å². The molecule has 20 aromatic carbocycles. The Morgan fingerprint density at radius 3 is 0.845 bits per heavy atom. The average molecular weight is 1840 g/mol. The number of rotatable bonds is 4. The van der Waals surface area contributed by atoms with Gasteiger partial charge in [-0.15, -0.1) is 0 Å². The summed E-state index contributed by atoms with van der Waals surface area (Å²) in [6.45, 7) is 20.6. The highest BCUT2D eigenvalue weighted by Crippen LogP contribution is 2.46. The van der Waals surface area contributed by atoms with Gasteiger partial charge in [-0.1, -0.05) is 339 Å². The van der Waals surface area contributed by atoms with Crippen LogP contribution >= 0.6 is 0 Å². The van der Waals surface area contributed by atoms with Crippen molar-refractivity contribution < 1.29 is 5.48 Å². The molecule has 0 atom stereocenters. The summed E-state index contributed by atoms with van der Waals surface area (Å²) in [6.07, 6.45) is 0. The van der Waals surface area contributed by atoms with Gasteiger partial charge in [0.05, 0.1) is 66.2 Å². The second kappa shape index (κ2) is 39.0. The lowest BCUT2D eigenvalue weighted by Crippen LogP contribution is -1.96. The van der Waals surface area contributed by atoms with E-state index in [1.54, 1.807) is 13.8 Å². The van der Waals surface area contributed by atoms with Crippen LogP contribution in [0, 0.1) is 69.2 Å². The van der Waals surface area contributed by atoms with E-state index in [-0.39, 0.29) is 24.2 Å². The third kappa shape index (κ3) is 16.5. The summed E-state index contributed by atoms with van der Waals surface area (Å²) < 4.78 is 48.4. The van der Waals surface area contributed by atoms with Gasteiger partial charge >= 0.3 is 0 Å². The van der Waals surface area contributed by atoms with Gasteiger partial charge in [0, 0.05) is 165 Å². The van der Waals surface area contributed by atoms with Crippen molar-refractivity contribution in [2.75, 3.05) is 0 Å². The lowest BCUT2D eigenvalue weighted by molar-refractivity contribution is 1.01. The Morgan fingerprint density at radius 2 is 0.423 bits per heavy atom. The van der Waals surface area contributed by atoms with Gasteiger partial charge < -0.3 is 36.5 Å². The number of aromatic nitrogens is 8. The van der Waals surface area contributed by atoms with E-state index in [0.717, 1.165) is 0 Å². The number of aryl methyl sites for hydroxylation is 10. The van der Waals surface area contributed by atoms with E-state index < -0.39 is 0 Å². The van der Waals surface area contributed by atoms with Gasteiger partial charge in [-0.25, -0.2) is 0 Å². The van der Waals surface area contributed by atoms with Crippen LogP contribution in [0.15, 0.2) is 449 Å². The SMILES string of the molecule is Cc1cc(C)c(C)c(C)c1.Cc1cccc(C)c1C.Cc1ccccc1.Cn1c2ccccc2c2c1ccc1c3ccccc3n(-c3ccccc3)c12.Cn1c2ccccc2c2c3c4ccccc4n(-c4ccccc4)c3ccc21.Cn1c2ccccc2c2ccc3c(c4ccccc4n3-c3ccccc3)c21.Cn1c2ccccc2c2ccc3c4ccccc4n(-c4ccccc4)c3c21.[2H]c1c([2H])c([2H])c(C)c(C)c1[2H]. The molecule has 0 unspecified atom stereocenters. The van der Waals surface area contributed by atoms with Crippen molar-refractivity contribution in [3.63, 3.8) is 0 Å². The standard InChI is InChI=1S/4C25H18N2.C10H14.C9H12.C8H10.C7H8/c1-26-21-13-7-6-12-20(21)24-23(26)16-15-19-18-11-5-8-14-22(18)27(25(19)24)17-9-3-2-4-10-17;1-26-21-13-7-5-11-18(21)19-15-16-23-24(25(19)26)20-12-6-8-14-22(20)27(23)17-9-3-2-4-10-17;1-26-22-13-7-5-11-18(22)20-15-16-21-19-12-6-8-14-23(19)27(25(21)24(20)26)17-9-3-2-4-10-17;1-26-20-13-7-5-11-18(20)24-22(26)15-16-23-25(24)19-12-6-8-14-21(19)27(23)17-9-3-2-4-10-17;1-7-5-8(2)10(4)9(3)6-7;1-7-5-4-6-8(2)9(7)3;1-7-5-3-4-6-8(7)2;1-7-5-3-2-4-6-7/h4*2-16H,1H3;5-6H,1-4H3;4-6H,1-3H3;3-6H,1-2H3;2-6H,1H3/i;;;;;;3D,4D,5D,6D;. The molecule has 0 amide bonds. The fourth-order valence-corrected chi connectivity index (χ4v) is 21.4. The van der Waals surface area contributed by atoms with Crippen LogP contribution in [0.4, 0.5) is 0 Å². The fourth-order valence-electron chi connectivity index (χ4n) is 21.4. The van der Waals surface area contributed by atoms with Gasteiger partial charge in [0.25, 0.3) is 0 Å². The molecule has 0 saturated carbocycles. The maximum Gasteiger partial charge on any atom is 0.0785 e. The number of benzene rings is 20. The Morgan fingerprint density at radius 1 is 0.162 bits per heavy atom. The van der Waals surface area contributed by atoms with Gasteiger partial charge in [0.2, 0.25) is 0 Å². The second-order valence-electron chi connectivity index (χ2n) is 37.4. The topological polar surface area (TPSA) is 39.4 Å². The summed E-state index contributed by atoms with van der Waals surface area (Å²) in [5, 5.41) is 21.0. The number of fused-ring (bicyclic) bond motifs is 28. The minimum Gasteiger partial charge on any atom is -0.344 e. The lowest BCUT2D eigenvalue weighted by Gasteiger charge is -2.09. The van der Waals surface area contributed by atoms with E-state index >= 15 is 0 Å². The molecule has 0 fully saturated rings. The highest BCUT2D eigenvalue weighted by Gasteiger charge is 2.25. The van der Waals surface area contributed by atoms with E-state index in [4.69, 9.17) is 5.48 Å². The Bertz CT molecular complexity index is 9660. The summed E-state index contributed by atoms with van der Waals surface area (Å²) in [5.74, 6) is 0. The minimum absolute atomic E-state index is 0.0634. The van der Waals surface area contributed by atoms with E-state index in [1.165, 1.54) is 242 Å². The highest BCUT2D eigenvalue weighted by atomic mass is 15.0. The van der Waals surface area contributed by atoms with Crippen molar-refractivity contribution in [2.45, 2.75) is 69.2 Å². The highest BCUT2D eigenvalue weighted by molar-refractivity contribution is 6.30. The van der Waals surface area contributed by atoms with E-state index in [0.29, 0.717) is 11.1 Å². The Balaban J connectivity index is 0.000000102. The van der Waals surface area contributed by atoms with Gasteiger partial charge in [-0.2, -0.15) is 0 Å². The van der Waals surface area contributed by atoms with Crippen molar-refractivity contribution >= 4 is 174 Å². The third-order valence-corrected chi connectivity index (χ3v) is 28.9. The molecule has 8 nitrogen and oxygen atoms in total. The van der Waals surface area contributed by atoms with Gasteiger partial charge in [0.1, 0.15) is 0 Å². The van der Waals surface area contributed by atoms with Gasteiger partial charge in [0.15, 0.2) is 0 Å². The lowest BCUT2D eigenvalue weighted by atomic mass is 10.0. The van der Waals surface area contributed by atoms with Crippen molar-refractivity contribution in [2.24, 2.45) is 28.2 Å². The molecular weight excluding hydrogens is 1720 g/mol. The molecule has 0 spiro atoms. The first-order chi connectivity index (χ1) is 71.1. The fraction of sp³-hybridized carbons (Fsp3) is 0.104. The Kier molecular flexibility index (Phi) is 23.7. The molecule has 8 aromatic heterocycles. The van der Waals surface area contributed by atoms with Gasteiger partial charge in [-0.3, -0.25) is 0 Å². The number of hydrogen-bond acceptors (Lipinski definition) is 0. The van der Waals surface area contributed by atoms with E-state index in [2.05, 4.69) is 527 Å². The molecule has 28 rings (SSSR count). The van der Waals surface area contributed by atoms with Crippen LogP contribution in [0.1, 0.15) is 61.1 Å². The van der Waals surface area contributed by atoms with Crippen molar-refractivity contribution in [3.05, 3.63) is 504 Å². The predicted octanol–water partition coefficient (Wildman–Crippen LogP) is 35.5. The summed E-state index contributed by atoms with van der Waals surface area (Å²) in [4.78, 5) is 0. The smallest absolute Gasteiger partial charge is 0.0785 e. The average Bonchev–Trinajstić information content (AvgIpc) is 1.57. The van der Waals surface area contributed by atoms with Crippen LogP contribution in [-0.4, -0.2) is 36.5 Å². The molecule has 0 bridgehead atoms. The molecule has 692 valence electrons. The largest absolute Gasteiger partial charge is 0.344 e. The van der Waals surface area contributed by atoms with E-state index in [9.17, 15) is 0 Å². The zero-order chi connectivity index (χ0) is 101. The van der Waals surface area contributed by atoms with Crippen LogP contribution in [0.25, 0.3) is 197 Å². The monoisotopic (exact) mass is 1840 g/mol. The molecule has 0 N–H and O–H groups in total. The first-order valence-electron chi connectivity index (χ1n) is 51.0. The molecule has 0 aliphatic rings. The maximum atomic E-state index is 7.43. The summed E-state index contributed by atoms with van der Waals surface area (Å²) in [5.41, 5.74) is 37.4. The minimum atomic E-state index is -0.150. The maximum absolute atomic E-state index is 7.43. The predicted molar refractivity (Wildman–Crippen MR) is 612 cm³/mol. The second-order valence-corrected chi connectivity index (χ2v) is 37.4. The molecule has 0 aliphatic heterocycles. The van der Waals surface area contributed by atoms with Crippen LogP contribution in [0.3, 0.4) is 0 Å². The zero-order valence-electron chi connectivity index (χ0n) is 87.0. The zero-order valence-corrected chi connectivity index (χ0v) is 83.0. The Labute approximate surface area is 835 Å². The molecule has 142 heavy (non-hydrogen) atoms. The molecular formula is C134H116N8. The first-order valence-corrected chi connectivity index (χ1v) is 49.0. The van der Waals surface area contributed by atoms with Crippen LogP contribution in [-0.2, 0) is 28.2 Å². The molecule has 8 heteroatoms. The molecule has 28 aromatic rings. The quantitative estimate of drug-likeness (QED) is 0.168. The molecule has 0 aliphatic carbocycles. The number of hydrogen-bond donors (Lipinski definition) is 0. The van der Waals surface area contributed by atoms with Crippen LogP contribution in [0.2, 0.25) is 0 Å². The Hall–Kier alpha value is -17.2. The van der Waals surface area contributed by atoms with Crippen molar-refractivity contribution in [3.8, 4) is 22.7 Å². The molecule has 8 heterocycles. The molecule has 0 radical (unpaired) electrons. The number of para-hydroxylation sites is 12. The normalized spacial score (nSPS) is 11.7. The van der Waals surface area contributed by atoms with Crippen LogP contribution < -0.4 is 0 Å². The first kappa shape index (κ1) is 86.4.